The minimum atomic E-state index is -0.208. The average Bonchev–Trinajstić information content (AvgIpc) is 2.54. The second-order valence-corrected chi connectivity index (χ2v) is 5.07. The summed E-state index contributed by atoms with van der Waals surface area (Å²) in [6.45, 7) is 3.28. The van der Waals surface area contributed by atoms with Crippen molar-refractivity contribution in [2.75, 3.05) is 26.8 Å². The zero-order valence-electron chi connectivity index (χ0n) is 12.5. The van der Waals surface area contributed by atoms with Gasteiger partial charge in [0.15, 0.2) is 0 Å². The summed E-state index contributed by atoms with van der Waals surface area (Å²) in [5.74, 6) is 0.256. The number of carbonyl (C=O) groups excluding carboxylic acids is 2. The predicted molar refractivity (Wildman–Crippen MR) is 78.3 cm³/mol. The van der Waals surface area contributed by atoms with Crippen LogP contribution in [0.25, 0.3) is 0 Å². The van der Waals surface area contributed by atoms with Gasteiger partial charge in [0, 0.05) is 18.7 Å². The van der Waals surface area contributed by atoms with Gasteiger partial charge in [0.1, 0.15) is 5.75 Å². The van der Waals surface area contributed by atoms with Gasteiger partial charge in [-0.15, -0.1) is 0 Å². The van der Waals surface area contributed by atoms with Crippen molar-refractivity contribution < 1.29 is 19.1 Å². The summed E-state index contributed by atoms with van der Waals surface area (Å²) in [5.41, 5.74) is 0.611. The van der Waals surface area contributed by atoms with Crippen molar-refractivity contribution in [2.45, 2.75) is 19.8 Å². The zero-order valence-corrected chi connectivity index (χ0v) is 12.5. The molecule has 2 rings (SSSR count). The van der Waals surface area contributed by atoms with E-state index in [1.54, 1.807) is 43.2 Å². The molecule has 0 bridgehead atoms. The lowest BCUT2D eigenvalue weighted by Gasteiger charge is -2.31. The number of carbonyl (C=O) groups is 2. The van der Waals surface area contributed by atoms with Crippen LogP contribution in [0.15, 0.2) is 24.3 Å². The van der Waals surface area contributed by atoms with Crippen LogP contribution in [0.1, 0.15) is 30.1 Å². The van der Waals surface area contributed by atoms with Gasteiger partial charge >= 0.3 is 5.97 Å². The molecule has 1 saturated heterocycles. The zero-order chi connectivity index (χ0) is 15.2. The number of methoxy groups -OCH3 is 1. The number of nitrogens with zero attached hydrogens (tertiary/aromatic N) is 1. The van der Waals surface area contributed by atoms with Gasteiger partial charge in [-0.2, -0.15) is 0 Å². The Morgan fingerprint density at radius 2 is 2.00 bits per heavy atom. The molecule has 1 aromatic rings. The number of likely N-dealkylation sites (tertiary alicyclic amines) is 1. The molecule has 1 aromatic carbocycles. The van der Waals surface area contributed by atoms with E-state index >= 15 is 0 Å². The lowest BCUT2D eigenvalue weighted by Crippen LogP contribution is -2.42. The van der Waals surface area contributed by atoms with Gasteiger partial charge < -0.3 is 14.4 Å². The molecule has 0 N–H and O–H groups in total. The molecule has 1 aliphatic rings. The molecule has 21 heavy (non-hydrogen) atoms. The maximum absolute atomic E-state index is 12.5. The van der Waals surface area contributed by atoms with Crippen molar-refractivity contribution in [1.29, 1.82) is 0 Å². The Labute approximate surface area is 124 Å². The highest BCUT2D eigenvalue weighted by molar-refractivity contribution is 5.94. The third-order valence-corrected chi connectivity index (χ3v) is 3.67. The lowest BCUT2D eigenvalue weighted by molar-refractivity contribution is -0.149. The van der Waals surface area contributed by atoms with Crippen LogP contribution in [0, 0.1) is 5.92 Å². The summed E-state index contributed by atoms with van der Waals surface area (Å²) < 4.78 is 10.1. The largest absolute Gasteiger partial charge is 0.497 e. The Morgan fingerprint density at radius 1 is 1.29 bits per heavy atom. The van der Waals surface area contributed by atoms with Gasteiger partial charge in [0.05, 0.1) is 19.6 Å². The van der Waals surface area contributed by atoms with Crippen molar-refractivity contribution in [3.8, 4) is 5.75 Å². The Kier molecular flexibility index (Phi) is 5.20. The first kappa shape index (κ1) is 15.4. The normalized spacial score (nSPS) is 18.2. The Morgan fingerprint density at radius 3 is 2.62 bits per heavy atom. The molecule has 5 heteroatoms. The Bertz CT molecular complexity index is 498. The highest BCUT2D eigenvalue weighted by Gasteiger charge is 2.29. The highest BCUT2D eigenvalue weighted by atomic mass is 16.5. The van der Waals surface area contributed by atoms with Crippen LogP contribution in [0.3, 0.4) is 0 Å². The van der Waals surface area contributed by atoms with Crippen molar-refractivity contribution in [3.63, 3.8) is 0 Å². The summed E-state index contributed by atoms with van der Waals surface area (Å²) >= 11 is 0. The van der Waals surface area contributed by atoms with Gasteiger partial charge in [-0.3, -0.25) is 9.59 Å². The fourth-order valence-electron chi connectivity index (χ4n) is 2.53. The summed E-state index contributed by atoms with van der Waals surface area (Å²) in [4.78, 5) is 26.0. The average molecular weight is 291 g/mol. The molecule has 0 aliphatic carbocycles. The Balaban J connectivity index is 2.02. The van der Waals surface area contributed by atoms with E-state index in [4.69, 9.17) is 9.47 Å². The summed E-state index contributed by atoms with van der Waals surface area (Å²) in [6, 6.07) is 7.02. The SMILES string of the molecule is CCOC(=O)C1CCCN(C(=O)c2ccc(OC)cc2)C1. The van der Waals surface area contributed by atoms with Crippen LogP contribution in [0.5, 0.6) is 5.75 Å². The molecule has 1 fully saturated rings. The van der Waals surface area contributed by atoms with E-state index in [0.29, 0.717) is 25.3 Å². The van der Waals surface area contributed by atoms with Crippen LogP contribution >= 0.6 is 0 Å². The van der Waals surface area contributed by atoms with E-state index in [9.17, 15) is 9.59 Å². The van der Waals surface area contributed by atoms with E-state index in [2.05, 4.69) is 0 Å². The molecule has 1 heterocycles. The number of ether oxygens (including phenoxy) is 2. The van der Waals surface area contributed by atoms with E-state index in [-0.39, 0.29) is 17.8 Å². The monoisotopic (exact) mass is 291 g/mol. The van der Waals surface area contributed by atoms with Crippen LogP contribution in [0.4, 0.5) is 0 Å². The number of esters is 1. The second kappa shape index (κ2) is 7.11. The number of hydrogen-bond acceptors (Lipinski definition) is 4. The van der Waals surface area contributed by atoms with E-state index in [0.717, 1.165) is 18.6 Å². The quantitative estimate of drug-likeness (QED) is 0.797. The summed E-state index contributed by atoms with van der Waals surface area (Å²) in [5, 5.41) is 0. The second-order valence-electron chi connectivity index (χ2n) is 5.07. The fraction of sp³-hybridized carbons (Fsp3) is 0.500. The van der Waals surface area contributed by atoms with Crippen molar-refractivity contribution in [1.82, 2.24) is 4.90 Å². The predicted octanol–water partition coefficient (Wildman–Crippen LogP) is 2.11. The van der Waals surface area contributed by atoms with Gasteiger partial charge in [-0.05, 0) is 44.0 Å². The molecule has 0 aromatic heterocycles. The molecule has 5 nitrogen and oxygen atoms in total. The Hall–Kier alpha value is -2.04. The maximum atomic E-state index is 12.5. The molecule has 0 saturated carbocycles. The third-order valence-electron chi connectivity index (χ3n) is 3.67. The highest BCUT2D eigenvalue weighted by Crippen LogP contribution is 2.21. The smallest absolute Gasteiger partial charge is 0.310 e. The van der Waals surface area contributed by atoms with Crippen molar-refractivity contribution in [2.24, 2.45) is 5.92 Å². The van der Waals surface area contributed by atoms with E-state index in [1.807, 2.05) is 0 Å². The van der Waals surface area contributed by atoms with Gasteiger partial charge in [0.25, 0.3) is 5.91 Å². The number of benzene rings is 1. The lowest BCUT2D eigenvalue weighted by atomic mass is 9.97. The third kappa shape index (κ3) is 3.74. The molecular formula is C16H21NO4. The molecule has 114 valence electrons. The first-order valence-electron chi connectivity index (χ1n) is 7.25. The van der Waals surface area contributed by atoms with Crippen molar-refractivity contribution in [3.05, 3.63) is 29.8 Å². The minimum absolute atomic E-state index is 0.0494. The number of piperidine rings is 1. The first-order chi connectivity index (χ1) is 10.2. The minimum Gasteiger partial charge on any atom is -0.497 e. The maximum Gasteiger partial charge on any atom is 0.310 e. The molecule has 1 unspecified atom stereocenters. The molecule has 1 aliphatic heterocycles. The van der Waals surface area contributed by atoms with Gasteiger partial charge in [0.2, 0.25) is 0 Å². The van der Waals surface area contributed by atoms with E-state index in [1.165, 1.54) is 0 Å². The summed E-state index contributed by atoms with van der Waals surface area (Å²) in [6.07, 6.45) is 1.61. The first-order valence-corrected chi connectivity index (χ1v) is 7.25. The molecule has 0 radical (unpaired) electrons. The van der Waals surface area contributed by atoms with Crippen molar-refractivity contribution >= 4 is 11.9 Å². The summed E-state index contributed by atoms with van der Waals surface area (Å²) in [7, 11) is 1.59. The van der Waals surface area contributed by atoms with Gasteiger partial charge in [-0.25, -0.2) is 0 Å². The van der Waals surface area contributed by atoms with E-state index < -0.39 is 0 Å². The number of hydrogen-bond donors (Lipinski definition) is 0. The number of amides is 1. The molecule has 1 amide bonds. The topological polar surface area (TPSA) is 55.8 Å². The van der Waals surface area contributed by atoms with Crippen LogP contribution in [-0.4, -0.2) is 43.6 Å². The van der Waals surface area contributed by atoms with Crippen LogP contribution in [0.2, 0.25) is 0 Å². The van der Waals surface area contributed by atoms with Gasteiger partial charge in [-0.1, -0.05) is 0 Å². The van der Waals surface area contributed by atoms with Crippen LogP contribution < -0.4 is 4.74 Å². The molecule has 1 atom stereocenters. The molecular weight excluding hydrogens is 270 g/mol. The standard InChI is InChI=1S/C16H21NO4/c1-3-21-16(19)13-5-4-10-17(11-13)15(18)12-6-8-14(20-2)9-7-12/h6-9,13H,3-5,10-11H2,1-2H3. The number of rotatable bonds is 4. The molecule has 0 spiro atoms. The fourth-order valence-corrected chi connectivity index (χ4v) is 2.53. The van der Waals surface area contributed by atoms with Crippen LogP contribution in [-0.2, 0) is 9.53 Å².